The van der Waals surface area contributed by atoms with E-state index in [9.17, 15) is 0 Å². The van der Waals surface area contributed by atoms with Crippen molar-refractivity contribution in [3.05, 3.63) is 94.4 Å². The highest BCUT2D eigenvalue weighted by Crippen LogP contribution is 2.24. The first-order chi connectivity index (χ1) is 10.2. The van der Waals surface area contributed by atoms with Gasteiger partial charge in [-0.25, -0.2) is 0 Å². The Morgan fingerprint density at radius 1 is 0.857 bits per heavy atom. The molecule has 1 atom stereocenters. The van der Waals surface area contributed by atoms with Crippen LogP contribution in [0.4, 0.5) is 0 Å². The van der Waals surface area contributed by atoms with Crippen LogP contribution in [0.3, 0.4) is 0 Å². The summed E-state index contributed by atoms with van der Waals surface area (Å²) in [6.07, 6.45) is 0.920. The van der Waals surface area contributed by atoms with Crippen LogP contribution >= 0.6 is 11.6 Å². The molecule has 0 saturated heterocycles. The third-order valence-electron chi connectivity index (χ3n) is 3.49. The van der Waals surface area contributed by atoms with Gasteiger partial charge in [-0.05, 0) is 46.8 Å². The molecule has 0 bridgehead atoms. The fraction of sp³-hybridized carbons (Fsp3) is 0.111. The molecule has 0 aliphatic carbocycles. The first-order valence-electron chi connectivity index (χ1n) is 6.86. The maximum absolute atomic E-state index is 6.18. The lowest BCUT2D eigenvalue weighted by atomic mass is 10.00. The van der Waals surface area contributed by atoms with Crippen LogP contribution < -0.4 is 5.73 Å². The van der Waals surface area contributed by atoms with Crippen molar-refractivity contribution in [2.24, 2.45) is 5.73 Å². The van der Waals surface area contributed by atoms with E-state index in [1.165, 1.54) is 11.1 Å². The summed E-state index contributed by atoms with van der Waals surface area (Å²) >= 11 is 5.79. The molecule has 1 heterocycles. The lowest BCUT2D eigenvalue weighted by Gasteiger charge is -2.10. The largest absolute Gasteiger partial charge is 0.448 e. The minimum atomic E-state index is -0.289. The molecule has 3 heteroatoms. The van der Waals surface area contributed by atoms with E-state index in [0.717, 1.165) is 12.0 Å². The summed E-state index contributed by atoms with van der Waals surface area (Å²) in [4.78, 5) is 0. The number of rotatable bonds is 4. The minimum absolute atomic E-state index is 0.289. The Labute approximate surface area is 129 Å². The zero-order valence-electron chi connectivity index (χ0n) is 11.5. The van der Waals surface area contributed by atoms with Gasteiger partial charge in [-0.2, -0.15) is 0 Å². The third kappa shape index (κ3) is 3.35. The first-order valence-corrected chi connectivity index (χ1v) is 7.24. The number of furan rings is 1. The van der Waals surface area contributed by atoms with Crippen molar-refractivity contribution in [1.82, 2.24) is 0 Å². The molecular weight excluding hydrogens is 282 g/mol. The summed E-state index contributed by atoms with van der Waals surface area (Å²) < 4.78 is 5.37. The summed E-state index contributed by atoms with van der Waals surface area (Å²) in [5.74, 6) is 0.677. The van der Waals surface area contributed by atoms with Gasteiger partial charge in [-0.3, -0.25) is 0 Å². The predicted octanol–water partition coefficient (Wildman–Crippen LogP) is 4.57. The fourth-order valence-electron chi connectivity index (χ4n) is 2.33. The van der Waals surface area contributed by atoms with Gasteiger partial charge in [-0.1, -0.05) is 54.6 Å². The molecular formula is C18H16ClNO. The predicted molar refractivity (Wildman–Crippen MR) is 85.4 cm³/mol. The minimum Gasteiger partial charge on any atom is -0.448 e. The van der Waals surface area contributed by atoms with Crippen molar-refractivity contribution in [2.45, 2.75) is 12.5 Å². The normalized spacial score (nSPS) is 12.3. The Morgan fingerprint density at radius 3 is 2.14 bits per heavy atom. The van der Waals surface area contributed by atoms with Crippen molar-refractivity contribution in [3.8, 4) is 0 Å². The smallest absolute Gasteiger partial charge is 0.193 e. The average molecular weight is 298 g/mol. The Bertz CT molecular complexity index is 704. The zero-order valence-corrected chi connectivity index (χ0v) is 12.3. The van der Waals surface area contributed by atoms with Gasteiger partial charge in [0, 0.05) is 0 Å². The number of hydrogen-bond donors (Lipinski definition) is 1. The van der Waals surface area contributed by atoms with E-state index >= 15 is 0 Å². The molecule has 2 N–H and O–H groups in total. The van der Waals surface area contributed by atoms with Crippen molar-refractivity contribution < 1.29 is 4.42 Å². The molecule has 21 heavy (non-hydrogen) atoms. The lowest BCUT2D eigenvalue weighted by Crippen LogP contribution is -2.10. The van der Waals surface area contributed by atoms with Crippen molar-refractivity contribution in [1.29, 1.82) is 0 Å². The fourth-order valence-corrected chi connectivity index (χ4v) is 2.49. The van der Waals surface area contributed by atoms with E-state index in [4.69, 9.17) is 21.8 Å². The highest BCUT2D eigenvalue weighted by Gasteiger charge is 2.12. The quantitative estimate of drug-likeness (QED) is 0.766. The monoisotopic (exact) mass is 297 g/mol. The molecule has 1 aromatic heterocycles. The molecule has 0 saturated carbocycles. The molecule has 3 aromatic rings. The van der Waals surface area contributed by atoms with E-state index in [1.54, 1.807) is 6.07 Å². The van der Waals surface area contributed by atoms with Crippen LogP contribution in [-0.2, 0) is 6.42 Å². The maximum atomic E-state index is 6.18. The highest BCUT2D eigenvalue weighted by atomic mass is 35.5. The summed E-state index contributed by atoms with van der Waals surface area (Å²) in [5, 5.41) is 0.362. The molecule has 0 spiro atoms. The average Bonchev–Trinajstić information content (AvgIpc) is 2.95. The van der Waals surface area contributed by atoms with E-state index in [-0.39, 0.29) is 6.04 Å². The molecule has 0 aliphatic heterocycles. The van der Waals surface area contributed by atoms with Gasteiger partial charge >= 0.3 is 0 Å². The Balaban J connectivity index is 1.75. The molecule has 0 radical (unpaired) electrons. The van der Waals surface area contributed by atoms with Crippen molar-refractivity contribution in [3.63, 3.8) is 0 Å². The SMILES string of the molecule is NC(c1ccc(Cc2ccccc2)cc1)c1ccc(Cl)o1. The number of hydrogen-bond acceptors (Lipinski definition) is 2. The molecule has 0 amide bonds. The van der Waals surface area contributed by atoms with E-state index in [0.29, 0.717) is 11.0 Å². The van der Waals surface area contributed by atoms with E-state index in [2.05, 4.69) is 36.4 Å². The number of nitrogens with two attached hydrogens (primary N) is 1. The topological polar surface area (TPSA) is 39.2 Å². The third-order valence-corrected chi connectivity index (χ3v) is 3.69. The van der Waals surface area contributed by atoms with Crippen LogP contribution in [0.5, 0.6) is 0 Å². The Kier molecular flexibility index (Phi) is 4.09. The summed E-state index contributed by atoms with van der Waals surface area (Å²) in [5.41, 5.74) is 9.75. The molecule has 106 valence electrons. The van der Waals surface area contributed by atoms with Crippen LogP contribution in [0, 0.1) is 0 Å². The van der Waals surface area contributed by atoms with Gasteiger partial charge in [0.05, 0.1) is 6.04 Å². The zero-order chi connectivity index (χ0) is 14.7. The summed E-state index contributed by atoms with van der Waals surface area (Å²) in [6, 6.07) is 21.9. The molecule has 1 unspecified atom stereocenters. The number of halogens is 1. The lowest BCUT2D eigenvalue weighted by molar-refractivity contribution is 0.491. The van der Waals surface area contributed by atoms with Gasteiger partial charge in [0.1, 0.15) is 5.76 Å². The maximum Gasteiger partial charge on any atom is 0.193 e. The second-order valence-electron chi connectivity index (χ2n) is 5.02. The first kappa shape index (κ1) is 13.9. The van der Waals surface area contributed by atoms with Gasteiger partial charge in [-0.15, -0.1) is 0 Å². The highest BCUT2D eigenvalue weighted by molar-refractivity contribution is 6.28. The van der Waals surface area contributed by atoms with Gasteiger partial charge < -0.3 is 10.2 Å². The van der Waals surface area contributed by atoms with E-state index in [1.807, 2.05) is 24.3 Å². The summed E-state index contributed by atoms with van der Waals surface area (Å²) in [7, 11) is 0. The van der Waals surface area contributed by atoms with Gasteiger partial charge in [0.25, 0.3) is 0 Å². The second-order valence-corrected chi connectivity index (χ2v) is 5.40. The Hall–Kier alpha value is -2.03. The molecule has 2 nitrogen and oxygen atoms in total. The van der Waals surface area contributed by atoms with Crippen molar-refractivity contribution in [2.75, 3.05) is 0 Å². The Morgan fingerprint density at radius 2 is 1.52 bits per heavy atom. The van der Waals surface area contributed by atoms with Gasteiger partial charge in [0.15, 0.2) is 5.22 Å². The summed E-state index contributed by atoms with van der Waals surface area (Å²) in [6.45, 7) is 0. The molecule has 3 rings (SSSR count). The standard InChI is InChI=1S/C18H16ClNO/c19-17-11-10-16(21-17)18(20)15-8-6-14(7-9-15)12-13-4-2-1-3-5-13/h1-11,18H,12,20H2. The molecule has 0 fully saturated rings. The molecule has 2 aromatic carbocycles. The molecule has 0 aliphatic rings. The van der Waals surface area contributed by atoms with Crippen LogP contribution in [0.2, 0.25) is 5.22 Å². The van der Waals surface area contributed by atoms with Crippen molar-refractivity contribution >= 4 is 11.6 Å². The van der Waals surface area contributed by atoms with Crippen LogP contribution in [-0.4, -0.2) is 0 Å². The number of benzene rings is 2. The second kappa shape index (κ2) is 6.17. The van der Waals surface area contributed by atoms with Crippen LogP contribution in [0.1, 0.15) is 28.5 Å². The van der Waals surface area contributed by atoms with E-state index < -0.39 is 0 Å². The van der Waals surface area contributed by atoms with Crippen LogP contribution in [0.15, 0.2) is 71.1 Å². The van der Waals surface area contributed by atoms with Crippen LogP contribution in [0.25, 0.3) is 0 Å². The van der Waals surface area contributed by atoms with Gasteiger partial charge in [0.2, 0.25) is 0 Å².